The van der Waals surface area contributed by atoms with Crippen LogP contribution in [0.5, 0.6) is 0 Å². The maximum Gasteiger partial charge on any atom is 0.407 e. The summed E-state index contributed by atoms with van der Waals surface area (Å²) >= 11 is 6.20. The van der Waals surface area contributed by atoms with Crippen LogP contribution >= 0.6 is 11.6 Å². The largest absolute Gasteiger partial charge is 0.453 e. The molecule has 3 fully saturated rings. The van der Waals surface area contributed by atoms with Crippen LogP contribution < -0.4 is 16.0 Å². The molecule has 1 unspecified atom stereocenters. The Morgan fingerprint density at radius 2 is 1.78 bits per heavy atom. The second-order valence-electron chi connectivity index (χ2n) is 13.1. The third-order valence-electron chi connectivity index (χ3n) is 9.99. The second kappa shape index (κ2) is 15.1. The van der Waals surface area contributed by atoms with Crippen LogP contribution in [0, 0.1) is 11.7 Å². The van der Waals surface area contributed by atoms with Crippen molar-refractivity contribution in [3.05, 3.63) is 94.8 Å². The number of rotatable bonds is 11. The first-order valence-electron chi connectivity index (χ1n) is 16.7. The van der Waals surface area contributed by atoms with Gasteiger partial charge in [0.1, 0.15) is 11.9 Å². The Bertz CT molecular complexity index is 1740. The van der Waals surface area contributed by atoms with Crippen LogP contribution in [0.4, 0.5) is 14.9 Å². The molecule has 49 heavy (non-hydrogen) atoms. The summed E-state index contributed by atoms with van der Waals surface area (Å²) in [7, 11) is -2.58. The maximum atomic E-state index is 15.6. The van der Waals surface area contributed by atoms with Crippen LogP contribution in [-0.4, -0.2) is 75.8 Å². The quantitative estimate of drug-likeness (QED) is 0.241. The number of nitrogens with one attached hydrogen (secondary N) is 3. The number of carbonyl (C=O) groups excluding carboxylic acids is 2. The van der Waals surface area contributed by atoms with Crippen LogP contribution in [0.3, 0.4) is 0 Å². The van der Waals surface area contributed by atoms with Gasteiger partial charge in [-0.2, -0.15) is 4.31 Å². The van der Waals surface area contributed by atoms with Crippen molar-refractivity contribution < 1.29 is 31.9 Å². The molecule has 0 bridgehead atoms. The summed E-state index contributed by atoms with van der Waals surface area (Å²) in [5.74, 6) is -1.53. The second-order valence-corrected chi connectivity index (χ2v) is 15.3. The number of carbonyl (C=O) groups is 2. The fraction of sp³-hybridized carbons (Fsp3) is 0.444. The minimum atomic E-state index is -3.81. The van der Waals surface area contributed by atoms with Gasteiger partial charge in [-0.25, -0.2) is 17.6 Å². The number of amides is 2. The Hall–Kier alpha value is -3.55. The molecule has 3 N–H and O–H groups in total. The lowest BCUT2D eigenvalue weighted by atomic mass is 9.76. The fourth-order valence-electron chi connectivity index (χ4n) is 7.39. The first-order valence-corrected chi connectivity index (χ1v) is 18.5. The van der Waals surface area contributed by atoms with E-state index < -0.39 is 51.4 Å². The highest BCUT2D eigenvalue weighted by Crippen LogP contribution is 2.47. The summed E-state index contributed by atoms with van der Waals surface area (Å²) in [5.41, 5.74) is 0.822. The van der Waals surface area contributed by atoms with E-state index in [1.165, 1.54) is 19.2 Å². The van der Waals surface area contributed by atoms with Gasteiger partial charge in [0.05, 0.1) is 12.0 Å². The van der Waals surface area contributed by atoms with Crippen molar-refractivity contribution in [3.63, 3.8) is 0 Å². The number of anilines is 1. The lowest BCUT2D eigenvalue weighted by Crippen LogP contribution is -2.61. The Morgan fingerprint density at radius 1 is 1.06 bits per heavy atom. The van der Waals surface area contributed by atoms with Crippen molar-refractivity contribution in [1.29, 1.82) is 0 Å². The van der Waals surface area contributed by atoms with Crippen molar-refractivity contribution in [2.24, 2.45) is 5.92 Å². The summed E-state index contributed by atoms with van der Waals surface area (Å²) in [4.78, 5) is 27.1. The molecule has 2 heterocycles. The first-order chi connectivity index (χ1) is 23.6. The number of nitrogens with zero attached hydrogens (tertiary/aromatic N) is 1. The van der Waals surface area contributed by atoms with E-state index >= 15 is 4.39 Å². The van der Waals surface area contributed by atoms with Gasteiger partial charge in [-0.05, 0) is 86.4 Å². The molecule has 2 saturated heterocycles. The number of ether oxygens (including phenoxy) is 2. The highest BCUT2D eigenvalue weighted by Gasteiger charge is 2.57. The zero-order valence-corrected chi connectivity index (χ0v) is 28.9. The summed E-state index contributed by atoms with van der Waals surface area (Å²) in [6.07, 6.45) is 2.56. The third kappa shape index (κ3) is 7.78. The van der Waals surface area contributed by atoms with Gasteiger partial charge in [-0.15, -0.1) is 0 Å². The molecule has 0 radical (unpaired) electrons. The molecule has 2 aliphatic heterocycles. The molecule has 0 aromatic heterocycles. The van der Waals surface area contributed by atoms with Gasteiger partial charge in [-0.3, -0.25) is 4.79 Å². The summed E-state index contributed by atoms with van der Waals surface area (Å²) < 4.78 is 55.7. The number of alkyl carbamates (subject to hydrolysis) is 1. The molecule has 3 atom stereocenters. The lowest BCUT2D eigenvalue weighted by molar-refractivity contribution is -0.119. The number of piperazine rings is 1. The van der Waals surface area contributed by atoms with Gasteiger partial charge >= 0.3 is 6.09 Å². The highest BCUT2D eigenvalue weighted by molar-refractivity contribution is 7.89. The molecule has 6 rings (SSSR count). The normalized spacial score (nSPS) is 20.7. The SMILES string of the molecule is COC(=O)N[C@H](C(=O)Nc1cccc(F)c1CC[C@H]1CNCC2(CC2)N1S(=O)(=O)c1ccccc1)C(c1ccc(Cl)cc1)C1CCOCC1. The van der Waals surface area contributed by atoms with Crippen LogP contribution in [0.25, 0.3) is 0 Å². The smallest absolute Gasteiger partial charge is 0.407 e. The molecule has 262 valence electrons. The Morgan fingerprint density at radius 3 is 2.45 bits per heavy atom. The van der Waals surface area contributed by atoms with E-state index in [9.17, 15) is 18.0 Å². The molecule has 1 saturated carbocycles. The Kier molecular flexibility index (Phi) is 10.9. The summed E-state index contributed by atoms with van der Waals surface area (Å²) in [6.45, 7) is 2.02. The van der Waals surface area contributed by atoms with Gasteiger partial charge in [0.15, 0.2) is 0 Å². The first kappa shape index (κ1) is 35.3. The van der Waals surface area contributed by atoms with Gasteiger partial charge in [-0.1, -0.05) is 48.0 Å². The van der Waals surface area contributed by atoms with E-state index in [1.807, 2.05) is 12.1 Å². The predicted octanol–water partition coefficient (Wildman–Crippen LogP) is 5.48. The van der Waals surface area contributed by atoms with Crippen molar-refractivity contribution in [2.75, 3.05) is 38.7 Å². The Balaban J connectivity index is 1.27. The van der Waals surface area contributed by atoms with E-state index in [-0.39, 0.29) is 28.5 Å². The lowest BCUT2D eigenvalue weighted by Gasteiger charge is -2.42. The summed E-state index contributed by atoms with van der Waals surface area (Å²) in [5, 5.41) is 9.60. The average Bonchev–Trinajstić information content (AvgIpc) is 3.87. The van der Waals surface area contributed by atoms with Gasteiger partial charge in [0.2, 0.25) is 15.9 Å². The Labute approximate surface area is 291 Å². The van der Waals surface area contributed by atoms with Gasteiger partial charge < -0.3 is 25.4 Å². The highest BCUT2D eigenvalue weighted by atomic mass is 35.5. The number of sulfonamides is 1. The van der Waals surface area contributed by atoms with Crippen molar-refractivity contribution in [2.45, 2.75) is 67.0 Å². The molecule has 13 heteroatoms. The zero-order chi connectivity index (χ0) is 34.6. The molecule has 3 aromatic rings. The maximum absolute atomic E-state index is 15.6. The van der Waals surface area contributed by atoms with E-state index in [0.717, 1.165) is 18.4 Å². The van der Waals surface area contributed by atoms with E-state index in [2.05, 4.69) is 16.0 Å². The molecule has 1 aliphatic carbocycles. The van der Waals surface area contributed by atoms with E-state index in [0.29, 0.717) is 50.6 Å². The summed E-state index contributed by atoms with van der Waals surface area (Å²) in [6, 6.07) is 18.5. The van der Waals surface area contributed by atoms with Crippen molar-refractivity contribution in [1.82, 2.24) is 14.9 Å². The zero-order valence-electron chi connectivity index (χ0n) is 27.4. The molecular weight excluding hydrogens is 671 g/mol. The van der Waals surface area contributed by atoms with Gasteiger partial charge in [0, 0.05) is 60.1 Å². The minimum absolute atomic E-state index is 0.0131. The van der Waals surface area contributed by atoms with Crippen LogP contribution in [0.1, 0.15) is 49.1 Å². The number of methoxy groups -OCH3 is 1. The monoisotopic (exact) mass is 712 g/mol. The van der Waals surface area contributed by atoms with E-state index in [1.54, 1.807) is 52.8 Å². The average molecular weight is 713 g/mol. The van der Waals surface area contributed by atoms with E-state index in [4.69, 9.17) is 21.1 Å². The standard InChI is InChI=1S/C36H42ClFN4O6S/c1-47-35(44)41-33(32(25-16-20-48-21-17-25)24-10-12-26(37)13-11-24)34(43)40-31-9-5-8-30(38)29(31)15-14-27-22-39-23-36(18-19-36)42(27)49(45,46)28-6-3-2-4-7-28/h2-13,25,27,32-33,39H,14-23H2,1H3,(H,40,43)(H,41,44)/t27-,32?,33-/m0/s1. The number of benzene rings is 3. The van der Waals surface area contributed by atoms with Crippen LogP contribution in [0.15, 0.2) is 77.7 Å². The molecule has 2 amide bonds. The molecule has 3 aliphatic rings. The van der Waals surface area contributed by atoms with Crippen LogP contribution in [-0.2, 0) is 30.7 Å². The van der Waals surface area contributed by atoms with Crippen molar-refractivity contribution >= 4 is 39.3 Å². The fourth-order valence-corrected chi connectivity index (χ4v) is 9.57. The predicted molar refractivity (Wildman–Crippen MR) is 185 cm³/mol. The molecule has 10 nitrogen and oxygen atoms in total. The minimum Gasteiger partial charge on any atom is -0.453 e. The van der Waals surface area contributed by atoms with Crippen molar-refractivity contribution in [3.8, 4) is 0 Å². The number of halogens is 2. The molecule has 3 aromatic carbocycles. The number of hydrogen-bond donors (Lipinski definition) is 3. The molecular formula is C36H42ClFN4O6S. The van der Waals surface area contributed by atoms with Gasteiger partial charge in [0.25, 0.3) is 0 Å². The molecule has 1 spiro atoms. The topological polar surface area (TPSA) is 126 Å². The number of hydrogen-bond acceptors (Lipinski definition) is 7. The third-order valence-corrected chi connectivity index (χ3v) is 12.3. The van der Waals surface area contributed by atoms with Crippen LogP contribution in [0.2, 0.25) is 5.02 Å².